The third kappa shape index (κ3) is 5.23. The summed E-state index contributed by atoms with van der Waals surface area (Å²) in [7, 11) is 0. The third-order valence-electron chi connectivity index (χ3n) is 5.28. The van der Waals surface area contributed by atoms with Gasteiger partial charge in [-0.2, -0.15) is 0 Å². The molecule has 0 fully saturated rings. The molecule has 2 atom stereocenters. The summed E-state index contributed by atoms with van der Waals surface area (Å²) in [6, 6.07) is 16.5. The van der Waals surface area contributed by atoms with Crippen LogP contribution in [0.2, 0.25) is 5.02 Å². The van der Waals surface area contributed by atoms with Gasteiger partial charge >= 0.3 is 0 Å². The van der Waals surface area contributed by atoms with Crippen LogP contribution >= 0.6 is 11.6 Å². The predicted molar refractivity (Wildman–Crippen MR) is 125 cm³/mol. The summed E-state index contributed by atoms with van der Waals surface area (Å²) >= 11 is 6.06. The van der Waals surface area contributed by atoms with Crippen molar-refractivity contribution in [2.24, 2.45) is 5.92 Å². The molecule has 3 aromatic carbocycles. The van der Waals surface area contributed by atoms with Gasteiger partial charge in [-0.25, -0.2) is 0 Å². The maximum Gasteiger partial charge on any atom is 0.270 e. The minimum Gasteiger partial charge on any atom is -0.348 e. The first kappa shape index (κ1) is 23.2. The van der Waals surface area contributed by atoms with E-state index in [1.807, 2.05) is 63.2 Å². The maximum absolute atomic E-state index is 13.0. The van der Waals surface area contributed by atoms with Crippen LogP contribution in [-0.2, 0) is 4.79 Å². The van der Waals surface area contributed by atoms with Crippen molar-refractivity contribution >= 4 is 39.9 Å². The molecule has 3 rings (SSSR count). The summed E-state index contributed by atoms with van der Waals surface area (Å²) in [5, 5.41) is 18.7. The number of nitro groups is 1. The van der Waals surface area contributed by atoms with Crippen molar-refractivity contribution in [3.8, 4) is 0 Å². The van der Waals surface area contributed by atoms with Crippen LogP contribution in [0, 0.1) is 16.0 Å². The fourth-order valence-corrected chi connectivity index (χ4v) is 3.68. The monoisotopic (exact) mass is 453 g/mol. The quantitative estimate of drug-likeness (QED) is 0.386. The first-order valence-electron chi connectivity index (χ1n) is 10.2. The Morgan fingerprint density at radius 3 is 2.25 bits per heavy atom. The van der Waals surface area contributed by atoms with Crippen LogP contribution in [0.4, 0.5) is 5.69 Å². The van der Waals surface area contributed by atoms with E-state index in [9.17, 15) is 19.7 Å². The number of nitrogens with zero attached hydrogens (tertiary/aromatic N) is 1. The molecule has 0 saturated carbocycles. The van der Waals surface area contributed by atoms with E-state index in [0.717, 1.165) is 22.4 Å². The van der Waals surface area contributed by atoms with Gasteiger partial charge in [-0.1, -0.05) is 61.8 Å². The number of nitro benzene ring substituents is 1. The van der Waals surface area contributed by atoms with Crippen LogP contribution in [0.3, 0.4) is 0 Å². The molecule has 0 saturated heterocycles. The fourth-order valence-electron chi connectivity index (χ4n) is 3.42. The largest absolute Gasteiger partial charge is 0.348 e. The Morgan fingerprint density at radius 2 is 1.62 bits per heavy atom. The van der Waals surface area contributed by atoms with Crippen LogP contribution in [0.1, 0.15) is 42.7 Å². The number of fused-ring (bicyclic) bond motifs is 1. The summed E-state index contributed by atoms with van der Waals surface area (Å²) in [4.78, 5) is 36.0. The first-order valence-corrected chi connectivity index (χ1v) is 10.6. The Morgan fingerprint density at radius 1 is 0.938 bits per heavy atom. The molecule has 32 heavy (non-hydrogen) atoms. The Balaban J connectivity index is 1.73. The molecule has 3 aromatic rings. The zero-order valence-electron chi connectivity index (χ0n) is 18.0. The molecule has 2 unspecified atom stereocenters. The highest BCUT2D eigenvalue weighted by Gasteiger charge is 2.27. The van der Waals surface area contributed by atoms with Crippen molar-refractivity contribution < 1.29 is 14.5 Å². The fraction of sp³-hybridized carbons (Fsp3) is 0.250. The number of rotatable bonds is 7. The van der Waals surface area contributed by atoms with Crippen molar-refractivity contribution in [2.45, 2.75) is 32.9 Å². The SMILES string of the molecule is CC(NC(=O)C(NC(=O)c1ccc([N+](=O)[O-])cc1Cl)C(C)C)c1ccc2ccccc2c1. The smallest absolute Gasteiger partial charge is 0.270 e. The molecule has 0 aliphatic carbocycles. The van der Waals surface area contributed by atoms with Crippen LogP contribution in [0.15, 0.2) is 60.7 Å². The topological polar surface area (TPSA) is 101 Å². The Hall–Kier alpha value is -3.45. The number of hydrogen-bond donors (Lipinski definition) is 2. The van der Waals surface area contributed by atoms with Gasteiger partial charge in [-0.3, -0.25) is 19.7 Å². The lowest BCUT2D eigenvalue weighted by Gasteiger charge is -2.24. The Bertz CT molecular complexity index is 1180. The molecule has 0 radical (unpaired) electrons. The number of halogens is 1. The van der Waals surface area contributed by atoms with Gasteiger partial charge in [0.2, 0.25) is 5.91 Å². The maximum atomic E-state index is 13.0. The number of carbonyl (C=O) groups excluding carboxylic acids is 2. The highest BCUT2D eigenvalue weighted by atomic mass is 35.5. The van der Waals surface area contributed by atoms with E-state index in [0.29, 0.717) is 0 Å². The van der Waals surface area contributed by atoms with Crippen LogP contribution in [-0.4, -0.2) is 22.8 Å². The van der Waals surface area contributed by atoms with Crippen molar-refractivity contribution in [3.05, 3.63) is 86.9 Å². The van der Waals surface area contributed by atoms with Gasteiger partial charge in [-0.15, -0.1) is 0 Å². The van der Waals surface area contributed by atoms with Crippen LogP contribution in [0.25, 0.3) is 10.8 Å². The second-order valence-corrected chi connectivity index (χ2v) is 8.36. The molecule has 0 aliphatic rings. The summed E-state index contributed by atoms with van der Waals surface area (Å²) in [6.07, 6.45) is 0. The standard InChI is InChI=1S/C24H24ClN3O4/c1-14(2)22(27-23(29)20-11-10-19(28(31)32)13-21(20)25)24(30)26-15(3)17-9-8-16-6-4-5-7-18(16)12-17/h4-15,22H,1-3H3,(H,26,30)(H,27,29). The number of hydrogen-bond acceptors (Lipinski definition) is 4. The van der Waals surface area contributed by atoms with Gasteiger partial charge in [0.05, 0.1) is 21.6 Å². The minimum atomic E-state index is -0.809. The number of nitrogens with one attached hydrogen (secondary N) is 2. The molecule has 8 heteroatoms. The van der Waals surface area contributed by atoms with Crippen molar-refractivity contribution in [1.29, 1.82) is 0 Å². The summed E-state index contributed by atoms with van der Waals surface area (Å²) in [5.74, 6) is -1.09. The summed E-state index contributed by atoms with van der Waals surface area (Å²) < 4.78 is 0. The summed E-state index contributed by atoms with van der Waals surface area (Å²) in [6.45, 7) is 5.53. The molecule has 2 N–H and O–H groups in total. The van der Waals surface area contributed by atoms with E-state index >= 15 is 0 Å². The molecular weight excluding hydrogens is 430 g/mol. The summed E-state index contributed by atoms with van der Waals surface area (Å²) in [5.41, 5.74) is 0.802. The van der Waals surface area contributed by atoms with E-state index in [1.165, 1.54) is 12.1 Å². The number of amides is 2. The minimum absolute atomic E-state index is 0.0517. The van der Waals surface area contributed by atoms with Gasteiger partial charge in [0.15, 0.2) is 0 Å². The van der Waals surface area contributed by atoms with E-state index in [2.05, 4.69) is 10.6 Å². The predicted octanol–water partition coefficient (Wildman–Crippen LogP) is 5.03. The average Bonchev–Trinajstić information content (AvgIpc) is 2.76. The van der Waals surface area contributed by atoms with Crippen LogP contribution in [0.5, 0.6) is 0 Å². The van der Waals surface area contributed by atoms with Gasteiger partial charge in [-0.05, 0) is 41.3 Å². The van der Waals surface area contributed by atoms with Gasteiger partial charge in [0.1, 0.15) is 6.04 Å². The molecule has 0 bridgehead atoms. The Labute approximate surface area is 190 Å². The van der Waals surface area contributed by atoms with Gasteiger partial charge in [0, 0.05) is 12.1 Å². The number of non-ortho nitro benzene ring substituents is 1. The zero-order valence-corrected chi connectivity index (χ0v) is 18.7. The number of carbonyl (C=O) groups is 2. The second kappa shape index (κ2) is 9.78. The molecule has 0 aliphatic heterocycles. The molecule has 166 valence electrons. The van der Waals surface area contributed by atoms with E-state index in [-0.39, 0.29) is 34.1 Å². The van der Waals surface area contributed by atoms with E-state index < -0.39 is 16.9 Å². The highest BCUT2D eigenvalue weighted by molar-refractivity contribution is 6.34. The van der Waals surface area contributed by atoms with E-state index in [4.69, 9.17) is 11.6 Å². The lowest BCUT2D eigenvalue weighted by atomic mass is 10.00. The molecule has 0 aromatic heterocycles. The lowest BCUT2D eigenvalue weighted by molar-refractivity contribution is -0.384. The van der Waals surface area contributed by atoms with E-state index in [1.54, 1.807) is 0 Å². The molecule has 0 heterocycles. The normalized spacial score (nSPS) is 12.9. The van der Waals surface area contributed by atoms with Gasteiger partial charge in [0.25, 0.3) is 11.6 Å². The molecule has 2 amide bonds. The lowest BCUT2D eigenvalue weighted by Crippen LogP contribution is -2.50. The van der Waals surface area contributed by atoms with Crippen molar-refractivity contribution in [3.63, 3.8) is 0 Å². The highest BCUT2D eigenvalue weighted by Crippen LogP contribution is 2.23. The zero-order chi connectivity index (χ0) is 23.4. The Kier molecular flexibility index (Phi) is 7.10. The van der Waals surface area contributed by atoms with Crippen molar-refractivity contribution in [1.82, 2.24) is 10.6 Å². The first-order chi connectivity index (χ1) is 15.2. The van der Waals surface area contributed by atoms with Crippen LogP contribution < -0.4 is 10.6 Å². The molecular formula is C24H24ClN3O4. The molecule has 0 spiro atoms. The average molecular weight is 454 g/mol. The van der Waals surface area contributed by atoms with Gasteiger partial charge < -0.3 is 10.6 Å². The second-order valence-electron chi connectivity index (χ2n) is 7.95. The molecule has 7 nitrogen and oxygen atoms in total. The third-order valence-corrected chi connectivity index (χ3v) is 5.59. The number of benzene rings is 3. The van der Waals surface area contributed by atoms with Crippen molar-refractivity contribution in [2.75, 3.05) is 0 Å².